The number of anilines is 1. The van der Waals surface area contributed by atoms with Gasteiger partial charge >= 0.3 is 0 Å². The van der Waals surface area contributed by atoms with Crippen LogP contribution in [0.1, 0.15) is 25.2 Å². The number of β-amino-alcohol motifs (C(OH)–C–C–N with tert-alkyl or cyclic N) is 1. The summed E-state index contributed by atoms with van der Waals surface area (Å²) >= 11 is 2.03. The van der Waals surface area contributed by atoms with Crippen molar-refractivity contribution in [2.75, 3.05) is 25.4 Å². The van der Waals surface area contributed by atoms with E-state index in [0.717, 1.165) is 30.2 Å². The van der Waals surface area contributed by atoms with Crippen LogP contribution in [0.3, 0.4) is 0 Å². The number of aromatic nitrogens is 2. The predicted octanol–water partition coefficient (Wildman–Crippen LogP) is 1.27. The highest BCUT2D eigenvalue weighted by atomic mass is 32.2. The third-order valence-corrected chi connectivity index (χ3v) is 5.01. The highest BCUT2D eigenvalue weighted by molar-refractivity contribution is 8.00. The smallest absolute Gasteiger partial charge is 0.0862 e. The van der Waals surface area contributed by atoms with E-state index in [9.17, 15) is 5.11 Å². The van der Waals surface area contributed by atoms with Crippen LogP contribution in [-0.2, 0) is 6.54 Å². The second-order valence-electron chi connectivity index (χ2n) is 5.90. The molecule has 1 aromatic rings. The van der Waals surface area contributed by atoms with Gasteiger partial charge in [0, 0.05) is 30.1 Å². The number of thioether (sulfide) groups is 1. The Labute approximate surface area is 125 Å². The maximum atomic E-state index is 10.3. The monoisotopic (exact) mass is 298 g/mol. The molecule has 3 N–H and O–H groups in total. The molecule has 0 amide bonds. The first kappa shape index (κ1) is 15.7. The van der Waals surface area contributed by atoms with E-state index < -0.39 is 6.10 Å². The van der Waals surface area contributed by atoms with Gasteiger partial charge in [0.05, 0.1) is 29.7 Å². The maximum Gasteiger partial charge on any atom is 0.0862 e. The number of nitrogen functional groups attached to an aromatic ring is 1. The molecular weight excluding hydrogens is 272 g/mol. The van der Waals surface area contributed by atoms with Crippen molar-refractivity contribution in [2.45, 2.75) is 50.8 Å². The normalized spacial score (nSPS) is 25.9. The van der Waals surface area contributed by atoms with Gasteiger partial charge in [-0.25, -0.2) is 0 Å². The quantitative estimate of drug-likeness (QED) is 0.876. The Morgan fingerprint density at radius 1 is 1.30 bits per heavy atom. The van der Waals surface area contributed by atoms with Crippen LogP contribution in [0.4, 0.5) is 5.69 Å². The summed E-state index contributed by atoms with van der Waals surface area (Å²) in [5.41, 5.74) is 8.43. The maximum absolute atomic E-state index is 10.3. The number of aliphatic hydroxyl groups is 1. The van der Waals surface area contributed by atoms with Crippen LogP contribution in [0.25, 0.3) is 0 Å². The standard InChI is InChI=1S/C14H26N4OS/c1-9-5-17(6-10(2)20-9)7-13(19)8-18-12(4)14(15)11(3)16-18/h9-10,13,19H,5-8,15H2,1-4H3. The largest absolute Gasteiger partial charge is 0.396 e. The lowest BCUT2D eigenvalue weighted by molar-refractivity contribution is 0.0936. The van der Waals surface area contributed by atoms with Crippen molar-refractivity contribution in [1.82, 2.24) is 14.7 Å². The molecule has 114 valence electrons. The molecular formula is C14H26N4OS. The van der Waals surface area contributed by atoms with Crippen molar-refractivity contribution in [1.29, 1.82) is 0 Å². The number of nitrogens with zero attached hydrogens (tertiary/aromatic N) is 3. The van der Waals surface area contributed by atoms with Gasteiger partial charge in [0.1, 0.15) is 0 Å². The van der Waals surface area contributed by atoms with Gasteiger partial charge < -0.3 is 10.8 Å². The fourth-order valence-electron chi connectivity index (χ4n) is 2.88. The van der Waals surface area contributed by atoms with E-state index >= 15 is 0 Å². The van der Waals surface area contributed by atoms with Gasteiger partial charge in [-0.05, 0) is 13.8 Å². The zero-order valence-corrected chi connectivity index (χ0v) is 13.7. The lowest BCUT2D eigenvalue weighted by Crippen LogP contribution is -2.44. The number of nitrogens with two attached hydrogens (primary N) is 1. The molecule has 3 unspecified atom stereocenters. The van der Waals surface area contributed by atoms with Gasteiger partial charge in [-0.2, -0.15) is 16.9 Å². The topological polar surface area (TPSA) is 67.3 Å². The molecule has 1 fully saturated rings. The highest BCUT2D eigenvalue weighted by Crippen LogP contribution is 2.24. The van der Waals surface area contributed by atoms with Gasteiger partial charge in [-0.15, -0.1) is 0 Å². The third kappa shape index (κ3) is 3.68. The molecule has 1 aliphatic rings. The molecule has 0 aromatic carbocycles. The molecule has 20 heavy (non-hydrogen) atoms. The summed E-state index contributed by atoms with van der Waals surface area (Å²) in [5.74, 6) is 0. The average molecular weight is 298 g/mol. The third-order valence-electron chi connectivity index (χ3n) is 3.79. The number of rotatable bonds is 4. The van der Waals surface area contributed by atoms with E-state index in [1.165, 1.54) is 0 Å². The molecule has 0 bridgehead atoms. The van der Waals surface area contributed by atoms with E-state index in [2.05, 4.69) is 23.8 Å². The van der Waals surface area contributed by atoms with Crippen LogP contribution in [0.2, 0.25) is 0 Å². The second-order valence-corrected chi connectivity index (χ2v) is 7.78. The van der Waals surface area contributed by atoms with Gasteiger partial charge in [0.2, 0.25) is 0 Å². The SMILES string of the molecule is Cc1nn(CC(O)CN2CC(C)SC(C)C2)c(C)c1N. The molecule has 1 saturated heterocycles. The molecule has 0 saturated carbocycles. The second kappa shape index (κ2) is 6.37. The average Bonchev–Trinajstić information content (AvgIpc) is 2.55. The number of aliphatic hydroxyl groups excluding tert-OH is 1. The van der Waals surface area contributed by atoms with Crippen LogP contribution < -0.4 is 5.73 Å². The molecule has 0 aliphatic carbocycles. The van der Waals surface area contributed by atoms with Gasteiger partial charge in [0.25, 0.3) is 0 Å². The summed E-state index contributed by atoms with van der Waals surface area (Å²) in [6.45, 7) is 11.7. The fourth-order valence-corrected chi connectivity index (χ4v) is 4.26. The van der Waals surface area contributed by atoms with Crippen LogP contribution in [0.15, 0.2) is 0 Å². The van der Waals surface area contributed by atoms with E-state index in [0.29, 0.717) is 23.6 Å². The number of hydrogen-bond acceptors (Lipinski definition) is 5. The van der Waals surface area contributed by atoms with Crippen molar-refractivity contribution in [3.05, 3.63) is 11.4 Å². The Morgan fingerprint density at radius 3 is 2.40 bits per heavy atom. The molecule has 6 heteroatoms. The van der Waals surface area contributed by atoms with Crippen molar-refractivity contribution < 1.29 is 5.11 Å². The molecule has 2 heterocycles. The van der Waals surface area contributed by atoms with Crippen molar-refractivity contribution in [3.8, 4) is 0 Å². The van der Waals surface area contributed by atoms with Crippen LogP contribution in [-0.4, -0.2) is 56.0 Å². The zero-order chi connectivity index (χ0) is 14.9. The van der Waals surface area contributed by atoms with E-state index in [1.54, 1.807) is 0 Å². The Kier molecular flexibility index (Phi) is 4.99. The molecule has 0 radical (unpaired) electrons. The van der Waals surface area contributed by atoms with Crippen molar-refractivity contribution >= 4 is 17.4 Å². The lowest BCUT2D eigenvalue weighted by Gasteiger charge is -2.35. The fraction of sp³-hybridized carbons (Fsp3) is 0.786. The molecule has 3 atom stereocenters. The Balaban J connectivity index is 1.92. The van der Waals surface area contributed by atoms with Gasteiger partial charge in [-0.3, -0.25) is 9.58 Å². The minimum absolute atomic E-state index is 0.408. The molecule has 5 nitrogen and oxygen atoms in total. The van der Waals surface area contributed by atoms with Crippen molar-refractivity contribution in [2.24, 2.45) is 0 Å². The predicted molar refractivity (Wildman–Crippen MR) is 85.1 cm³/mol. The minimum atomic E-state index is -0.408. The summed E-state index contributed by atoms with van der Waals surface area (Å²) in [4.78, 5) is 2.35. The first-order valence-corrected chi connectivity index (χ1v) is 8.16. The molecule has 1 aromatic heterocycles. The minimum Gasteiger partial charge on any atom is -0.396 e. The van der Waals surface area contributed by atoms with E-state index in [1.807, 2.05) is 30.3 Å². The van der Waals surface area contributed by atoms with Crippen LogP contribution >= 0.6 is 11.8 Å². The molecule has 0 spiro atoms. The summed E-state index contributed by atoms with van der Waals surface area (Å²) < 4.78 is 1.82. The summed E-state index contributed by atoms with van der Waals surface area (Å²) in [6.07, 6.45) is -0.408. The highest BCUT2D eigenvalue weighted by Gasteiger charge is 2.24. The zero-order valence-electron chi connectivity index (χ0n) is 12.8. The summed E-state index contributed by atoms with van der Waals surface area (Å²) in [5, 5.41) is 16.0. The first-order chi connectivity index (χ1) is 9.36. The molecule has 1 aliphatic heterocycles. The van der Waals surface area contributed by atoms with Crippen LogP contribution in [0.5, 0.6) is 0 Å². The Hall–Kier alpha value is -0.720. The van der Waals surface area contributed by atoms with E-state index in [4.69, 9.17) is 5.73 Å². The Morgan fingerprint density at radius 2 is 1.90 bits per heavy atom. The molecule has 2 rings (SSSR count). The van der Waals surface area contributed by atoms with E-state index in [-0.39, 0.29) is 0 Å². The van der Waals surface area contributed by atoms with Gasteiger partial charge in [0.15, 0.2) is 0 Å². The number of hydrogen-bond donors (Lipinski definition) is 2. The first-order valence-electron chi connectivity index (χ1n) is 7.22. The van der Waals surface area contributed by atoms with Crippen molar-refractivity contribution in [3.63, 3.8) is 0 Å². The summed E-state index contributed by atoms with van der Waals surface area (Å²) in [6, 6.07) is 0. The number of aryl methyl sites for hydroxylation is 1. The van der Waals surface area contributed by atoms with Crippen LogP contribution in [0, 0.1) is 13.8 Å². The summed E-state index contributed by atoms with van der Waals surface area (Å²) in [7, 11) is 0. The van der Waals surface area contributed by atoms with Gasteiger partial charge in [-0.1, -0.05) is 13.8 Å². The lowest BCUT2D eigenvalue weighted by atomic mass is 10.2. The Bertz CT molecular complexity index is 452.